The number of nitrogens with one attached hydrogen (secondary N) is 2. The summed E-state index contributed by atoms with van der Waals surface area (Å²) in [6.45, 7) is 2.17. The molecule has 0 saturated carbocycles. The number of pyridine rings is 1. The van der Waals surface area contributed by atoms with Gasteiger partial charge in [-0.2, -0.15) is 0 Å². The third-order valence-electron chi connectivity index (χ3n) is 5.56. The first-order chi connectivity index (χ1) is 17.1. The van der Waals surface area contributed by atoms with Crippen LogP contribution in [-0.2, 0) is 6.42 Å². The number of aromatic nitrogens is 1. The molecular weight excluding hydrogens is 442 g/mol. The summed E-state index contributed by atoms with van der Waals surface area (Å²) in [6, 6.07) is 20.2. The summed E-state index contributed by atoms with van der Waals surface area (Å²) >= 11 is 0. The average molecular weight is 472 g/mol. The summed E-state index contributed by atoms with van der Waals surface area (Å²) in [5.41, 5.74) is 3.33. The van der Waals surface area contributed by atoms with Crippen LogP contribution in [0.25, 0.3) is 10.9 Å². The fraction of sp³-hybridized carbons (Fsp3) is 0.214. The first kappa shape index (κ1) is 23.9. The quantitative estimate of drug-likeness (QED) is 0.274. The lowest BCUT2D eigenvalue weighted by Gasteiger charge is -2.13. The molecule has 7 heteroatoms. The van der Waals surface area contributed by atoms with Crippen molar-refractivity contribution in [2.24, 2.45) is 0 Å². The highest BCUT2D eigenvalue weighted by atomic mass is 16.5. The van der Waals surface area contributed by atoms with Gasteiger partial charge in [-0.05, 0) is 54.8 Å². The summed E-state index contributed by atoms with van der Waals surface area (Å²) < 4.78 is 16.9. The topological polar surface area (TPSA) is 81.7 Å². The maximum atomic E-state index is 12.5. The number of aryl methyl sites for hydroxylation is 1. The molecule has 4 rings (SSSR count). The van der Waals surface area contributed by atoms with Crippen LogP contribution in [0.1, 0.15) is 25.3 Å². The molecule has 0 radical (unpaired) electrons. The number of anilines is 2. The molecule has 180 valence electrons. The number of amides is 2. The number of nitrogens with zero attached hydrogens (tertiary/aromatic N) is 1. The molecule has 0 spiro atoms. The van der Waals surface area contributed by atoms with Crippen LogP contribution in [0.4, 0.5) is 16.2 Å². The first-order valence-electron chi connectivity index (χ1n) is 11.5. The third kappa shape index (κ3) is 6.00. The van der Waals surface area contributed by atoms with Crippen molar-refractivity contribution >= 4 is 28.3 Å². The number of methoxy groups -OCH3 is 2. The van der Waals surface area contributed by atoms with Crippen LogP contribution in [0.15, 0.2) is 72.9 Å². The van der Waals surface area contributed by atoms with Crippen molar-refractivity contribution in [3.05, 3.63) is 78.5 Å². The van der Waals surface area contributed by atoms with Gasteiger partial charge in [0.25, 0.3) is 0 Å². The van der Waals surface area contributed by atoms with Gasteiger partial charge in [-0.3, -0.25) is 4.98 Å². The monoisotopic (exact) mass is 471 g/mol. The predicted molar refractivity (Wildman–Crippen MR) is 139 cm³/mol. The maximum Gasteiger partial charge on any atom is 0.323 e. The van der Waals surface area contributed by atoms with Crippen molar-refractivity contribution in [1.29, 1.82) is 0 Å². The maximum absolute atomic E-state index is 12.5. The zero-order chi connectivity index (χ0) is 24.6. The van der Waals surface area contributed by atoms with Crippen LogP contribution in [-0.4, -0.2) is 25.2 Å². The van der Waals surface area contributed by atoms with E-state index in [1.54, 1.807) is 44.7 Å². The number of ether oxygens (including phenoxy) is 3. The van der Waals surface area contributed by atoms with Gasteiger partial charge in [-0.25, -0.2) is 4.79 Å². The zero-order valence-electron chi connectivity index (χ0n) is 20.1. The Bertz CT molecular complexity index is 1310. The predicted octanol–water partition coefficient (Wildman–Crippen LogP) is 7.03. The van der Waals surface area contributed by atoms with Gasteiger partial charge in [0.05, 0.1) is 19.7 Å². The fourth-order valence-corrected chi connectivity index (χ4v) is 3.73. The lowest BCUT2D eigenvalue weighted by atomic mass is 10.1. The van der Waals surface area contributed by atoms with E-state index < -0.39 is 0 Å². The highest BCUT2D eigenvalue weighted by Crippen LogP contribution is 2.37. The molecule has 0 unspecified atom stereocenters. The summed E-state index contributed by atoms with van der Waals surface area (Å²) in [7, 11) is 3.17. The van der Waals surface area contributed by atoms with Crippen LogP contribution in [0.5, 0.6) is 23.0 Å². The Kier molecular flexibility index (Phi) is 7.67. The summed E-state index contributed by atoms with van der Waals surface area (Å²) in [4.78, 5) is 16.9. The molecule has 0 fully saturated rings. The second-order valence-corrected chi connectivity index (χ2v) is 8.04. The molecule has 0 aliphatic heterocycles. The van der Waals surface area contributed by atoms with Crippen LogP contribution >= 0.6 is 0 Å². The van der Waals surface area contributed by atoms with Crippen LogP contribution < -0.4 is 24.8 Å². The minimum atomic E-state index is -0.324. The number of urea groups is 1. The van der Waals surface area contributed by atoms with Crippen molar-refractivity contribution < 1.29 is 19.0 Å². The molecule has 0 bridgehead atoms. The third-order valence-corrected chi connectivity index (χ3v) is 5.56. The normalized spacial score (nSPS) is 10.6. The molecule has 7 nitrogen and oxygen atoms in total. The second kappa shape index (κ2) is 11.2. The van der Waals surface area contributed by atoms with Gasteiger partial charge in [0.1, 0.15) is 11.5 Å². The molecule has 0 saturated heterocycles. The molecule has 1 aromatic heterocycles. The number of benzene rings is 3. The summed E-state index contributed by atoms with van der Waals surface area (Å²) in [6.07, 6.45) is 5.03. The smallest absolute Gasteiger partial charge is 0.323 e. The van der Waals surface area contributed by atoms with E-state index in [1.165, 1.54) is 5.56 Å². The van der Waals surface area contributed by atoms with E-state index in [-0.39, 0.29) is 6.03 Å². The number of hydrogen-bond donors (Lipinski definition) is 2. The number of hydrogen-bond acceptors (Lipinski definition) is 5. The standard InChI is InChI=1S/C28H29N3O4/c1-4-5-7-19-10-12-20(13-11-19)30-28(32)31-21-8-6-9-22(16-21)35-25-14-15-29-24-18-27(34-3)26(33-2)17-23(24)25/h6,8-18H,4-5,7H2,1-3H3,(H2,30,31,32). The molecule has 35 heavy (non-hydrogen) atoms. The lowest BCUT2D eigenvalue weighted by Crippen LogP contribution is -2.19. The van der Waals surface area contributed by atoms with E-state index in [0.29, 0.717) is 28.7 Å². The van der Waals surface area contributed by atoms with Crippen LogP contribution in [0.3, 0.4) is 0 Å². The van der Waals surface area contributed by atoms with E-state index in [1.807, 2.05) is 42.5 Å². The molecular formula is C28H29N3O4. The van der Waals surface area contributed by atoms with Gasteiger partial charge in [0, 0.05) is 35.1 Å². The number of rotatable bonds is 9. The number of fused-ring (bicyclic) bond motifs is 1. The zero-order valence-corrected chi connectivity index (χ0v) is 20.1. The molecule has 1 heterocycles. The molecule has 0 aliphatic carbocycles. The highest BCUT2D eigenvalue weighted by Gasteiger charge is 2.12. The van der Waals surface area contributed by atoms with E-state index in [9.17, 15) is 4.79 Å². The molecule has 2 N–H and O–H groups in total. The molecule has 0 aliphatic rings. The largest absolute Gasteiger partial charge is 0.493 e. The molecule has 3 aromatic carbocycles. The van der Waals surface area contributed by atoms with Crippen molar-refractivity contribution in [3.8, 4) is 23.0 Å². The van der Waals surface area contributed by atoms with Crippen molar-refractivity contribution in [2.45, 2.75) is 26.2 Å². The van der Waals surface area contributed by atoms with Gasteiger partial charge < -0.3 is 24.8 Å². The van der Waals surface area contributed by atoms with E-state index in [4.69, 9.17) is 14.2 Å². The van der Waals surface area contributed by atoms with Gasteiger partial charge in [-0.1, -0.05) is 31.5 Å². The number of carbonyl (C=O) groups is 1. The average Bonchev–Trinajstić information content (AvgIpc) is 2.88. The Morgan fingerprint density at radius 3 is 2.34 bits per heavy atom. The Morgan fingerprint density at radius 1 is 0.857 bits per heavy atom. The SMILES string of the molecule is CCCCc1ccc(NC(=O)Nc2cccc(Oc3ccnc4cc(OC)c(OC)cc34)c2)cc1. The van der Waals surface area contributed by atoms with Crippen LogP contribution in [0, 0.1) is 0 Å². The Morgan fingerprint density at radius 2 is 1.60 bits per heavy atom. The first-order valence-corrected chi connectivity index (χ1v) is 11.5. The van der Waals surface area contributed by atoms with Crippen LogP contribution in [0.2, 0.25) is 0 Å². The fourth-order valence-electron chi connectivity index (χ4n) is 3.73. The molecule has 2 amide bonds. The van der Waals surface area contributed by atoms with E-state index >= 15 is 0 Å². The summed E-state index contributed by atoms with van der Waals surface area (Å²) in [5.74, 6) is 2.37. The number of unbranched alkanes of at least 4 members (excludes halogenated alkanes) is 1. The lowest BCUT2D eigenvalue weighted by molar-refractivity contribution is 0.262. The minimum absolute atomic E-state index is 0.324. The van der Waals surface area contributed by atoms with Crippen molar-refractivity contribution in [2.75, 3.05) is 24.9 Å². The Balaban J connectivity index is 1.46. The highest BCUT2D eigenvalue weighted by molar-refractivity contribution is 5.99. The van der Waals surface area contributed by atoms with E-state index in [0.717, 1.165) is 35.9 Å². The van der Waals surface area contributed by atoms with Crippen molar-refractivity contribution in [3.63, 3.8) is 0 Å². The Hall–Kier alpha value is -4.26. The van der Waals surface area contributed by atoms with Gasteiger partial charge in [0.15, 0.2) is 11.5 Å². The molecule has 4 aromatic rings. The molecule has 0 atom stereocenters. The van der Waals surface area contributed by atoms with Crippen molar-refractivity contribution in [1.82, 2.24) is 4.98 Å². The van der Waals surface area contributed by atoms with Gasteiger partial charge in [0.2, 0.25) is 0 Å². The number of carbonyl (C=O) groups excluding carboxylic acids is 1. The van der Waals surface area contributed by atoms with E-state index in [2.05, 4.69) is 22.5 Å². The Labute approximate surface area is 205 Å². The summed E-state index contributed by atoms with van der Waals surface area (Å²) in [5, 5.41) is 6.50. The minimum Gasteiger partial charge on any atom is -0.493 e. The van der Waals surface area contributed by atoms with Gasteiger partial charge >= 0.3 is 6.03 Å². The second-order valence-electron chi connectivity index (χ2n) is 8.04. The van der Waals surface area contributed by atoms with Gasteiger partial charge in [-0.15, -0.1) is 0 Å².